The molecule has 32 heavy (non-hydrogen) atoms. The van der Waals surface area contributed by atoms with Gasteiger partial charge in [-0.05, 0) is 54.7 Å². The van der Waals surface area contributed by atoms with Gasteiger partial charge in [-0.2, -0.15) is 0 Å². The van der Waals surface area contributed by atoms with E-state index in [0.29, 0.717) is 12.0 Å². The van der Waals surface area contributed by atoms with Crippen LogP contribution in [0, 0.1) is 11.7 Å². The number of rotatable bonds is 7. The van der Waals surface area contributed by atoms with Crippen LogP contribution in [0.5, 0.6) is 0 Å². The first-order valence-corrected chi connectivity index (χ1v) is 10.7. The molecule has 0 saturated heterocycles. The van der Waals surface area contributed by atoms with Crippen LogP contribution in [0.1, 0.15) is 37.2 Å². The van der Waals surface area contributed by atoms with Crippen molar-refractivity contribution in [2.45, 2.75) is 43.2 Å². The molecule has 1 aliphatic carbocycles. The number of nitrogens with one attached hydrogen (secondary N) is 1. The molecule has 2 aliphatic rings. The fraction of sp³-hybridized carbons (Fsp3) is 0.375. The zero-order valence-electron chi connectivity index (χ0n) is 17.5. The summed E-state index contributed by atoms with van der Waals surface area (Å²) in [4.78, 5) is 38.4. The molecule has 168 valence electrons. The van der Waals surface area contributed by atoms with Gasteiger partial charge in [0.05, 0.1) is 6.54 Å². The molecule has 1 fully saturated rings. The summed E-state index contributed by atoms with van der Waals surface area (Å²) in [6.07, 6.45) is 2.74. The summed E-state index contributed by atoms with van der Waals surface area (Å²) in [5, 5.41) is 12.8. The molecule has 0 spiro atoms. The maximum absolute atomic E-state index is 13.2. The second-order valence-corrected chi connectivity index (χ2v) is 8.60. The third kappa shape index (κ3) is 3.86. The number of para-hydroxylation sites is 1. The van der Waals surface area contributed by atoms with E-state index < -0.39 is 17.4 Å². The molecule has 4 N–H and O–H groups in total. The Morgan fingerprint density at radius 3 is 2.59 bits per heavy atom. The molecule has 1 heterocycles. The number of hydrogen-bond acceptors (Lipinski definition) is 5. The summed E-state index contributed by atoms with van der Waals surface area (Å²) in [6, 6.07) is 12.9. The molecule has 2 aromatic rings. The Morgan fingerprint density at radius 1 is 1.19 bits per heavy atom. The lowest BCUT2D eigenvalue weighted by Crippen LogP contribution is -2.60. The minimum absolute atomic E-state index is 0.0669. The van der Waals surface area contributed by atoms with Crippen molar-refractivity contribution < 1.29 is 23.9 Å². The lowest BCUT2D eigenvalue weighted by Gasteiger charge is -2.49. The molecule has 0 radical (unpaired) electrons. The van der Waals surface area contributed by atoms with Crippen molar-refractivity contribution >= 4 is 29.5 Å². The number of hydrogen-bond donors (Lipinski definition) is 3. The molecule has 8 heteroatoms. The summed E-state index contributed by atoms with van der Waals surface area (Å²) in [6.45, 7) is 0.0700. The zero-order valence-corrected chi connectivity index (χ0v) is 17.5. The fourth-order valence-electron chi connectivity index (χ4n) is 5.40. The van der Waals surface area contributed by atoms with Gasteiger partial charge < -0.3 is 25.9 Å². The Balaban J connectivity index is 1.68. The van der Waals surface area contributed by atoms with Gasteiger partial charge in [0.25, 0.3) is 0 Å². The number of carboxylic acids is 1. The molecule has 2 aromatic carbocycles. The van der Waals surface area contributed by atoms with Gasteiger partial charge in [-0.1, -0.05) is 24.6 Å². The fourth-order valence-corrected chi connectivity index (χ4v) is 5.40. The molecule has 1 amide bonds. The predicted molar refractivity (Wildman–Crippen MR) is 118 cm³/mol. The Hall–Kier alpha value is -3.26. The first kappa shape index (κ1) is 22.0. The topological polar surface area (TPSA) is 113 Å². The van der Waals surface area contributed by atoms with Crippen molar-refractivity contribution in [3.05, 3.63) is 59.9 Å². The number of carboxylic acid groups (broad SMARTS) is 1. The van der Waals surface area contributed by atoms with E-state index in [4.69, 9.17) is 5.73 Å². The molecular weight excluding hydrogens is 413 g/mol. The van der Waals surface area contributed by atoms with Crippen LogP contribution in [0.2, 0.25) is 0 Å². The minimum Gasteiger partial charge on any atom is -0.480 e. The average Bonchev–Trinajstić information content (AvgIpc) is 3.24. The van der Waals surface area contributed by atoms with E-state index in [9.17, 15) is 23.9 Å². The zero-order chi connectivity index (χ0) is 22.9. The van der Waals surface area contributed by atoms with Crippen LogP contribution in [-0.2, 0) is 14.4 Å². The number of aldehydes is 1. The second kappa shape index (κ2) is 8.70. The molecule has 7 nitrogen and oxygen atoms in total. The van der Waals surface area contributed by atoms with Crippen molar-refractivity contribution in [1.29, 1.82) is 0 Å². The highest BCUT2D eigenvalue weighted by Gasteiger charge is 2.54. The lowest BCUT2D eigenvalue weighted by molar-refractivity contribution is -0.146. The highest BCUT2D eigenvalue weighted by atomic mass is 19.1. The quantitative estimate of drug-likeness (QED) is 0.572. The van der Waals surface area contributed by atoms with Gasteiger partial charge in [-0.15, -0.1) is 0 Å². The molecule has 4 rings (SSSR count). The lowest BCUT2D eigenvalue weighted by atomic mass is 9.66. The summed E-state index contributed by atoms with van der Waals surface area (Å²) >= 11 is 0. The van der Waals surface area contributed by atoms with Crippen LogP contribution in [0.25, 0.3) is 0 Å². The number of fused-ring (bicyclic) bond motifs is 2. The third-order valence-electron chi connectivity index (χ3n) is 6.76. The number of nitrogens with two attached hydrogens (primary N) is 1. The van der Waals surface area contributed by atoms with Crippen molar-refractivity contribution in [2.75, 3.05) is 16.8 Å². The molecule has 0 bridgehead atoms. The monoisotopic (exact) mass is 439 g/mol. The number of halogens is 1. The normalized spacial score (nSPS) is 23.6. The average molecular weight is 439 g/mol. The van der Waals surface area contributed by atoms with Gasteiger partial charge in [0.1, 0.15) is 17.6 Å². The van der Waals surface area contributed by atoms with Crippen molar-refractivity contribution in [3.8, 4) is 0 Å². The Labute approximate surface area is 185 Å². The van der Waals surface area contributed by atoms with Crippen LogP contribution >= 0.6 is 0 Å². The molecule has 1 saturated carbocycles. The number of amides is 1. The van der Waals surface area contributed by atoms with Crippen LogP contribution < -0.4 is 16.0 Å². The van der Waals surface area contributed by atoms with Gasteiger partial charge in [0, 0.05) is 29.8 Å². The van der Waals surface area contributed by atoms with Gasteiger partial charge in [0.2, 0.25) is 5.91 Å². The van der Waals surface area contributed by atoms with Crippen molar-refractivity contribution in [2.24, 2.45) is 11.7 Å². The highest BCUT2D eigenvalue weighted by molar-refractivity contribution is 5.94. The van der Waals surface area contributed by atoms with E-state index in [2.05, 4.69) is 5.32 Å². The van der Waals surface area contributed by atoms with Crippen LogP contribution in [0.3, 0.4) is 0 Å². The van der Waals surface area contributed by atoms with Gasteiger partial charge in [0.15, 0.2) is 0 Å². The Morgan fingerprint density at radius 2 is 1.91 bits per heavy atom. The molecule has 0 aromatic heterocycles. The van der Waals surface area contributed by atoms with Crippen LogP contribution in [0.15, 0.2) is 48.5 Å². The third-order valence-corrected chi connectivity index (χ3v) is 6.76. The van der Waals surface area contributed by atoms with E-state index >= 15 is 0 Å². The predicted octanol–water partition coefficient (Wildman–Crippen LogP) is 2.91. The Kier molecular flexibility index (Phi) is 5.97. The van der Waals surface area contributed by atoms with E-state index in [1.54, 1.807) is 0 Å². The maximum Gasteiger partial charge on any atom is 0.324 e. The van der Waals surface area contributed by atoms with Gasteiger partial charge >= 0.3 is 5.97 Å². The molecule has 4 atom stereocenters. The van der Waals surface area contributed by atoms with E-state index in [1.165, 1.54) is 24.3 Å². The second-order valence-electron chi connectivity index (χ2n) is 8.60. The van der Waals surface area contributed by atoms with E-state index in [0.717, 1.165) is 30.5 Å². The SMILES string of the molecule is NC(CC=O)(C(=O)O)C1c2ccccc2N(CC(=O)Nc2ccc(F)cc2)C2CCCC21. The Bertz CT molecular complexity index is 1030. The number of aliphatic carboxylic acids is 1. The summed E-state index contributed by atoms with van der Waals surface area (Å²) < 4.78 is 13.2. The standard InChI is InChI=1S/C24H26FN3O4/c25-15-8-10-16(11-9-15)27-21(30)14-28-19-6-2-1-4-17(19)22(18-5-3-7-20(18)28)24(26,12-13-29)23(31)32/h1-2,4,6,8-11,13,18,20,22H,3,5,7,12,14,26H2,(H,27,30)(H,31,32). The largest absolute Gasteiger partial charge is 0.480 e. The molecular formula is C24H26FN3O4. The van der Waals surface area contributed by atoms with Gasteiger partial charge in [-0.25, -0.2) is 4.39 Å². The van der Waals surface area contributed by atoms with Gasteiger partial charge in [-0.3, -0.25) is 9.59 Å². The molecule has 4 unspecified atom stereocenters. The maximum atomic E-state index is 13.2. The summed E-state index contributed by atoms with van der Waals surface area (Å²) in [7, 11) is 0. The smallest absolute Gasteiger partial charge is 0.324 e. The number of benzene rings is 2. The first-order valence-electron chi connectivity index (χ1n) is 10.7. The van der Waals surface area contributed by atoms with Crippen LogP contribution in [0.4, 0.5) is 15.8 Å². The summed E-state index contributed by atoms with van der Waals surface area (Å²) in [5.41, 5.74) is 6.69. The number of carbonyl (C=O) groups is 3. The van der Waals surface area contributed by atoms with Crippen LogP contribution in [-0.4, -0.2) is 41.4 Å². The first-order chi connectivity index (χ1) is 15.3. The summed E-state index contributed by atoms with van der Waals surface area (Å²) in [5.74, 6) is -2.46. The van der Waals surface area contributed by atoms with E-state index in [-0.39, 0.29) is 36.6 Å². The van der Waals surface area contributed by atoms with Crippen molar-refractivity contribution in [1.82, 2.24) is 0 Å². The van der Waals surface area contributed by atoms with Crippen molar-refractivity contribution in [3.63, 3.8) is 0 Å². The van der Waals surface area contributed by atoms with E-state index in [1.807, 2.05) is 29.2 Å². The number of carbonyl (C=O) groups excluding carboxylic acids is 2. The number of nitrogens with zero attached hydrogens (tertiary/aromatic N) is 1. The molecule has 1 aliphatic heterocycles. The number of anilines is 2. The highest BCUT2D eigenvalue weighted by Crippen LogP contribution is 2.52. The minimum atomic E-state index is -1.71.